The molecule has 10 heavy (non-hydrogen) atoms. The molecule has 1 aromatic heterocycles. The van der Waals surface area contributed by atoms with Crippen molar-refractivity contribution >= 4 is 16.8 Å². The molecule has 0 atom stereocenters. The zero-order valence-corrected chi connectivity index (χ0v) is 5.64. The Labute approximate surface area is 61.4 Å². The second-order valence-corrected chi connectivity index (χ2v) is 1.96. The lowest BCUT2D eigenvalue weighted by molar-refractivity contribution is 1.12. The van der Waals surface area contributed by atoms with Crippen molar-refractivity contribution < 1.29 is 0 Å². The highest BCUT2D eigenvalue weighted by atomic mass is 35.5. The average molecular weight is 158 g/mol. The van der Waals surface area contributed by atoms with E-state index in [0.717, 1.165) is 0 Å². The Kier molecular flexibility index (Phi) is 1.82. The van der Waals surface area contributed by atoms with Crippen molar-refractivity contribution in [1.82, 2.24) is 9.97 Å². The summed E-state index contributed by atoms with van der Waals surface area (Å²) in [5, 5.41) is 6.51. The lowest BCUT2D eigenvalue weighted by atomic mass is 10.5. The number of aromatic nitrogens is 2. The lowest BCUT2D eigenvalue weighted by Gasteiger charge is -1.89. The molecule has 0 bridgehead atoms. The first-order valence-corrected chi connectivity index (χ1v) is 2.87. The molecule has 2 N–H and O–H groups in total. The molecule has 0 saturated carbocycles. The summed E-state index contributed by atoms with van der Waals surface area (Å²) in [4.78, 5) is 16.6. The molecule has 0 aliphatic carbocycles. The second kappa shape index (κ2) is 2.62. The van der Waals surface area contributed by atoms with Gasteiger partial charge in [-0.05, 0) is 0 Å². The van der Waals surface area contributed by atoms with E-state index in [1.807, 2.05) is 0 Å². The van der Waals surface area contributed by atoms with E-state index in [-0.39, 0.29) is 10.9 Å². The first kappa shape index (κ1) is 6.95. The zero-order valence-electron chi connectivity index (χ0n) is 4.89. The molecule has 0 aliphatic heterocycles. The van der Waals surface area contributed by atoms with Gasteiger partial charge in [0.05, 0.1) is 0 Å². The van der Waals surface area contributed by atoms with Crippen LogP contribution in [0.15, 0.2) is 17.2 Å². The Morgan fingerprint density at radius 1 is 1.80 bits per heavy atom. The summed E-state index contributed by atoms with van der Waals surface area (Å²) in [5.74, 6) is 0. The normalized spacial score (nSPS) is 9.30. The van der Waals surface area contributed by atoms with Gasteiger partial charge in [0.25, 0.3) is 5.56 Å². The molecule has 0 aliphatic rings. The second-order valence-electron chi connectivity index (χ2n) is 1.58. The summed E-state index contributed by atoms with van der Waals surface area (Å²) < 4.78 is 0. The number of aromatic amines is 1. The molecular formula is C5H4ClN3O. The minimum atomic E-state index is -0.442. The van der Waals surface area contributed by atoms with Crippen LogP contribution in [0.5, 0.6) is 0 Å². The third-order valence-corrected chi connectivity index (χ3v) is 1.09. The SMILES string of the molecule is N=C(Cl)c1ncc[nH]c1=O. The van der Waals surface area contributed by atoms with Crippen molar-refractivity contribution in [3.05, 3.63) is 28.4 Å². The molecule has 52 valence electrons. The Hall–Kier alpha value is -1.16. The maximum Gasteiger partial charge on any atom is 0.277 e. The van der Waals surface area contributed by atoms with Crippen LogP contribution < -0.4 is 5.56 Å². The van der Waals surface area contributed by atoms with Crippen molar-refractivity contribution in [3.63, 3.8) is 0 Å². The van der Waals surface area contributed by atoms with Gasteiger partial charge in [-0.3, -0.25) is 10.2 Å². The van der Waals surface area contributed by atoms with Gasteiger partial charge in [-0.15, -0.1) is 0 Å². The fraction of sp³-hybridized carbons (Fsp3) is 0. The van der Waals surface area contributed by atoms with Gasteiger partial charge in [0, 0.05) is 12.4 Å². The van der Waals surface area contributed by atoms with E-state index >= 15 is 0 Å². The van der Waals surface area contributed by atoms with E-state index in [4.69, 9.17) is 17.0 Å². The van der Waals surface area contributed by atoms with Crippen molar-refractivity contribution in [2.75, 3.05) is 0 Å². The Morgan fingerprint density at radius 3 is 2.90 bits per heavy atom. The van der Waals surface area contributed by atoms with Crippen LogP contribution in [0.3, 0.4) is 0 Å². The van der Waals surface area contributed by atoms with Crippen LogP contribution in [0.2, 0.25) is 0 Å². The van der Waals surface area contributed by atoms with Gasteiger partial charge in [0.15, 0.2) is 10.9 Å². The molecule has 1 heterocycles. The van der Waals surface area contributed by atoms with Crippen molar-refractivity contribution in [3.8, 4) is 0 Å². The van der Waals surface area contributed by atoms with Gasteiger partial charge in [-0.25, -0.2) is 4.98 Å². The van der Waals surface area contributed by atoms with Crippen LogP contribution in [0.4, 0.5) is 0 Å². The first-order valence-electron chi connectivity index (χ1n) is 2.50. The Bertz CT molecular complexity index is 306. The highest BCUT2D eigenvalue weighted by Gasteiger charge is 2.01. The van der Waals surface area contributed by atoms with E-state index in [1.54, 1.807) is 0 Å². The predicted octanol–water partition coefficient (Wildman–Crippen LogP) is 0.334. The van der Waals surface area contributed by atoms with Gasteiger partial charge in [0.1, 0.15) is 0 Å². The van der Waals surface area contributed by atoms with Crippen LogP contribution in [0.25, 0.3) is 0 Å². The number of rotatable bonds is 1. The first-order chi connectivity index (χ1) is 4.72. The fourth-order valence-electron chi connectivity index (χ4n) is 0.508. The van der Waals surface area contributed by atoms with Crippen LogP contribution in [-0.2, 0) is 0 Å². The van der Waals surface area contributed by atoms with Crippen LogP contribution in [-0.4, -0.2) is 15.1 Å². The van der Waals surface area contributed by atoms with Crippen molar-refractivity contribution in [2.24, 2.45) is 0 Å². The van der Waals surface area contributed by atoms with Gasteiger partial charge in [0.2, 0.25) is 0 Å². The molecule has 1 aromatic rings. The summed E-state index contributed by atoms with van der Waals surface area (Å²) in [6.07, 6.45) is 2.75. The fourth-order valence-corrected chi connectivity index (χ4v) is 0.643. The predicted molar refractivity (Wildman–Crippen MR) is 37.5 cm³/mol. The summed E-state index contributed by atoms with van der Waals surface area (Å²) in [5.41, 5.74) is -0.494. The van der Waals surface area contributed by atoms with E-state index in [0.29, 0.717) is 0 Å². The Morgan fingerprint density at radius 2 is 2.50 bits per heavy atom. The standard InChI is InChI=1S/C5H4ClN3O/c6-4(7)3-5(10)9-2-1-8-3/h1-2,7H,(H,9,10). The van der Waals surface area contributed by atoms with Gasteiger partial charge in [-0.2, -0.15) is 0 Å². The molecule has 0 unspecified atom stereocenters. The molecule has 0 amide bonds. The molecule has 1 rings (SSSR count). The maximum absolute atomic E-state index is 10.7. The highest BCUT2D eigenvalue weighted by molar-refractivity contribution is 6.68. The van der Waals surface area contributed by atoms with Crippen LogP contribution in [0.1, 0.15) is 5.69 Å². The largest absolute Gasteiger partial charge is 0.326 e. The minimum Gasteiger partial charge on any atom is -0.326 e. The van der Waals surface area contributed by atoms with Crippen molar-refractivity contribution in [1.29, 1.82) is 5.41 Å². The van der Waals surface area contributed by atoms with Crippen molar-refractivity contribution in [2.45, 2.75) is 0 Å². The molecule has 0 fully saturated rings. The third-order valence-electron chi connectivity index (χ3n) is 0.916. The minimum absolute atomic E-state index is 0.0517. The summed E-state index contributed by atoms with van der Waals surface area (Å²) in [7, 11) is 0. The van der Waals surface area contributed by atoms with Crippen LogP contribution in [0, 0.1) is 5.41 Å². The van der Waals surface area contributed by atoms with E-state index in [9.17, 15) is 4.79 Å². The summed E-state index contributed by atoms with van der Waals surface area (Å²) >= 11 is 5.21. The number of H-pyrrole nitrogens is 1. The highest BCUT2D eigenvalue weighted by Crippen LogP contribution is 1.88. The number of halogens is 1. The van der Waals surface area contributed by atoms with E-state index in [1.165, 1.54) is 12.4 Å². The average Bonchev–Trinajstić information content (AvgIpc) is 1.88. The molecular weight excluding hydrogens is 154 g/mol. The van der Waals surface area contributed by atoms with E-state index < -0.39 is 5.56 Å². The summed E-state index contributed by atoms with van der Waals surface area (Å²) in [6.45, 7) is 0. The topological polar surface area (TPSA) is 69.6 Å². The number of nitrogens with zero attached hydrogens (tertiary/aromatic N) is 1. The van der Waals surface area contributed by atoms with Gasteiger partial charge >= 0.3 is 0 Å². The molecule has 0 saturated heterocycles. The van der Waals surface area contributed by atoms with Gasteiger partial charge in [-0.1, -0.05) is 11.6 Å². The number of hydrogen-bond donors (Lipinski definition) is 2. The maximum atomic E-state index is 10.7. The quantitative estimate of drug-likeness (QED) is 0.577. The molecule has 5 heteroatoms. The van der Waals surface area contributed by atoms with Crippen LogP contribution >= 0.6 is 11.6 Å². The third kappa shape index (κ3) is 1.22. The lowest BCUT2D eigenvalue weighted by Crippen LogP contribution is -2.15. The molecule has 4 nitrogen and oxygen atoms in total. The molecule has 0 radical (unpaired) electrons. The number of nitrogens with one attached hydrogen (secondary N) is 2. The monoisotopic (exact) mass is 157 g/mol. The molecule has 0 aromatic carbocycles. The Balaban J connectivity index is 3.29. The van der Waals surface area contributed by atoms with Gasteiger partial charge < -0.3 is 4.98 Å². The zero-order chi connectivity index (χ0) is 7.56. The molecule has 0 spiro atoms. The summed E-state index contributed by atoms with van der Waals surface area (Å²) in [6, 6.07) is 0. The van der Waals surface area contributed by atoms with E-state index in [2.05, 4.69) is 9.97 Å². The smallest absolute Gasteiger partial charge is 0.277 e. The number of hydrogen-bond acceptors (Lipinski definition) is 3.